The maximum atomic E-state index is 12.3. The average Bonchev–Trinajstić information content (AvgIpc) is 2.47. The Morgan fingerprint density at radius 1 is 1.38 bits per heavy atom. The number of aromatic nitrogens is 1. The van der Waals surface area contributed by atoms with Crippen molar-refractivity contribution in [1.29, 1.82) is 0 Å². The van der Waals surface area contributed by atoms with Gasteiger partial charge in [-0.2, -0.15) is 0 Å². The molecule has 0 bridgehead atoms. The van der Waals surface area contributed by atoms with E-state index in [0.717, 1.165) is 31.1 Å². The third kappa shape index (κ3) is 4.15. The summed E-state index contributed by atoms with van der Waals surface area (Å²) in [4.78, 5) is 21.2. The lowest BCUT2D eigenvalue weighted by molar-refractivity contribution is 0.0881. The molecule has 0 spiro atoms. The number of carbonyl (C=O) groups is 1. The molecule has 1 saturated heterocycles. The first-order valence-corrected chi connectivity index (χ1v) is 7.33. The third-order valence-electron chi connectivity index (χ3n) is 3.95. The molecular weight excluding hydrogens is 266 g/mol. The maximum Gasteiger partial charge on any atom is 0.251 e. The van der Waals surface area contributed by atoms with Crippen LogP contribution in [0.5, 0.6) is 0 Å². The van der Waals surface area contributed by atoms with Gasteiger partial charge in [0, 0.05) is 50.5 Å². The van der Waals surface area contributed by atoms with Gasteiger partial charge < -0.3 is 15.5 Å². The van der Waals surface area contributed by atoms with E-state index in [1.807, 2.05) is 13.0 Å². The zero-order valence-corrected chi connectivity index (χ0v) is 13.3. The minimum atomic E-state index is -0.0429. The summed E-state index contributed by atoms with van der Waals surface area (Å²) in [6.07, 6.45) is 0. The Labute approximate surface area is 126 Å². The third-order valence-corrected chi connectivity index (χ3v) is 3.95. The topological polar surface area (TPSA) is 60.5 Å². The van der Waals surface area contributed by atoms with E-state index in [4.69, 9.17) is 0 Å². The van der Waals surface area contributed by atoms with Gasteiger partial charge in [0.2, 0.25) is 0 Å². The highest BCUT2D eigenvalue weighted by atomic mass is 16.1. The first kappa shape index (κ1) is 15.7. The highest BCUT2D eigenvalue weighted by molar-refractivity contribution is 5.95. The van der Waals surface area contributed by atoms with E-state index < -0.39 is 0 Å². The summed E-state index contributed by atoms with van der Waals surface area (Å²) in [6.45, 7) is 5.65. The van der Waals surface area contributed by atoms with Gasteiger partial charge in [-0.3, -0.25) is 9.69 Å². The van der Waals surface area contributed by atoms with Gasteiger partial charge in [0.25, 0.3) is 5.91 Å². The van der Waals surface area contributed by atoms with Crippen LogP contribution in [-0.4, -0.2) is 74.1 Å². The van der Waals surface area contributed by atoms with Crippen molar-refractivity contribution in [2.24, 2.45) is 0 Å². The van der Waals surface area contributed by atoms with Crippen molar-refractivity contribution in [2.75, 3.05) is 52.6 Å². The molecule has 6 heteroatoms. The van der Waals surface area contributed by atoms with Crippen molar-refractivity contribution < 1.29 is 4.79 Å². The zero-order chi connectivity index (χ0) is 15.4. The number of piperazine rings is 1. The lowest BCUT2D eigenvalue weighted by atomic mass is 10.1. The van der Waals surface area contributed by atoms with Crippen molar-refractivity contribution in [2.45, 2.75) is 13.0 Å². The quantitative estimate of drug-likeness (QED) is 0.841. The highest BCUT2D eigenvalue weighted by Gasteiger charge is 2.22. The molecule has 1 aromatic heterocycles. The van der Waals surface area contributed by atoms with Crippen LogP contribution in [0.1, 0.15) is 16.1 Å². The molecule has 21 heavy (non-hydrogen) atoms. The summed E-state index contributed by atoms with van der Waals surface area (Å²) in [5.74, 6) is 0.674. The standard InChI is InChI=1S/C15H25N5O/c1-11-7-12(8-14(16-2)18-11)15(21)17-9-13-10-19(3)5-6-20(13)4/h7-8,13H,5-6,9-10H2,1-4H3,(H,16,18)(H,17,21). The lowest BCUT2D eigenvalue weighted by Crippen LogP contribution is -2.54. The molecule has 0 radical (unpaired) electrons. The molecule has 1 aromatic rings. The van der Waals surface area contributed by atoms with Crippen LogP contribution in [0.4, 0.5) is 5.82 Å². The van der Waals surface area contributed by atoms with Gasteiger partial charge in [0.1, 0.15) is 5.82 Å². The minimum Gasteiger partial charge on any atom is -0.373 e. The van der Waals surface area contributed by atoms with Gasteiger partial charge in [-0.05, 0) is 33.2 Å². The molecule has 1 atom stereocenters. The van der Waals surface area contributed by atoms with E-state index in [1.165, 1.54) is 0 Å². The van der Waals surface area contributed by atoms with Gasteiger partial charge in [0.05, 0.1) is 0 Å². The number of anilines is 1. The van der Waals surface area contributed by atoms with Gasteiger partial charge >= 0.3 is 0 Å². The van der Waals surface area contributed by atoms with Gasteiger partial charge in [0.15, 0.2) is 0 Å². The number of aryl methyl sites for hydroxylation is 1. The summed E-state index contributed by atoms with van der Waals surface area (Å²) >= 11 is 0. The fourth-order valence-corrected chi connectivity index (χ4v) is 2.56. The monoisotopic (exact) mass is 291 g/mol. The first-order chi connectivity index (χ1) is 9.99. The Morgan fingerprint density at radius 2 is 2.14 bits per heavy atom. The second kappa shape index (κ2) is 6.87. The molecule has 2 rings (SSSR count). The van der Waals surface area contributed by atoms with Crippen molar-refractivity contribution in [3.63, 3.8) is 0 Å². The number of hydrogen-bond acceptors (Lipinski definition) is 5. The van der Waals surface area contributed by atoms with Crippen LogP contribution in [0.15, 0.2) is 12.1 Å². The normalized spacial score (nSPS) is 20.3. The summed E-state index contributed by atoms with van der Waals surface area (Å²) in [7, 11) is 6.03. The van der Waals surface area contributed by atoms with E-state index in [-0.39, 0.29) is 5.91 Å². The van der Waals surface area contributed by atoms with Crippen molar-refractivity contribution in [1.82, 2.24) is 20.1 Å². The molecule has 116 valence electrons. The first-order valence-electron chi connectivity index (χ1n) is 7.33. The molecule has 1 unspecified atom stereocenters. The summed E-state index contributed by atoms with van der Waals surface area (Å²) in [5, 5.41) is 6.01. The Hall–Kier alpha value is -1.66. The second-order valence-electron chi connectivity index (χ2n) is 5.74. The smallest absolute Gasteiger partial charge is 0.251 e. The molecule has 1 amide bonds. The fourth-order valence-electron chi connectivity index (χ4n) is 2.56. The van der Waals surface area contributed by atoms with Gasteiger partial charge in [-0.15, -0.1) is 0 Å². The lowest BCUT2D eigenvalue weighted by Gasteiger charge is -2.37. The van der Waals surface area contributed by atoms with Gasteiger partial charge in [-0.25, -0.2) is 4.98 Å². The van der Waals surface area contributed by atoms with Crippen LogP contribution >= 0.6 is 0 Å². The minimum absolute atomic E-state index is 0.0429. The number of rotatable bonds is 4. The molecule has 1 aliphatic rings. The molecule has 2 heterocycles. The highest BCUT2D eigenvalue weighted by Crippen LogP contribution is 2.10. The average molecular weight is 291 g/mol. The largest absolute Gasteiger partial charge is 0.373 e. The molecule has 0 aliphatic carbocycles. The van der Waals surface area contributed by atoms with Crippen LogP contribution in [0.25, 0.3) is 0 Å². The number of nitrogens with zero attached hydrogens (tertiary/aromatic N) is 3. The van der Waals surface area contributed by atoms with Crippen LogP contribution in [0, 0.1) is 6.92 Å². The van der Waals surface area contributed by atoms with Crippen LogP contribution in [-0.2, 0) is 0 Å². The van der Waals surface area contributed by atoms with Crippen molar-refractivity contribution in [3.8, 4) is 0 Å². The van der Waals surface area contributed by atoms with E-state index in [0.29, 0.717) is 18.2 Å². The van der Waals surface area contributed by atoms with E-state index >= 15 is 0 Å². The molecule has 0 saturated carbocycles. The number of nitrogens with one attached hydrogen (secondary N) is 2. The molecule has 0 aromatic carbocycles. The van der Waals surface area contributed by atoms with Crippen molar-refractivity contribution in [3.05, 3.63) is 23.4 Å². The number of pyridine rings is 1. The van der Waals surface area contributed by atoms with E-state index in [9.17, 15) is 4.79 Å². The van der Waals surface area contributed by atoms with Crippen LogP contribution in [0.3, 0.4) is 0 Å². The number of hydrogen-bond donors (Lipinski definition) is 2. The van der Waals surface area contributed by atoms with E-state index in [2.05, 4.69) is 39.5 Å². The Bertz CT molecular complexity index is 505. The Morgan fingerprint density at radius 3 is 2.86 bits per heavy atom. The van der Waals surface area contributed by atoms with Crippen LogP contribution < -0.4 is 10.6 Å². The SMILES string of the molecule is CNc1cc(C(=O)NCC2CN(C)CCN2C)cc(C)n1. The molecule has 6 nitrogen and oxygen atoms in total. The number of likely N-dealkylation sites (N-methyl/N-ethyl adjacent to an activating group) is 2. The maximum absolute atomic E-state index is 12.3. The Kier molecular flexibility index (Phi) is 5.14. The summed E-state index contributed by atoms with van der Waals surface area (Å²) in [6, 6.07) is 3.95. The van der Waals surface area contributed by atoms with Gasteiger partial charge in [-0.1, -0.05) is 0 Å². The molecule has 1 fully saturated rings. The van der Waals surface area contributed by atoms with Crippen LogP contribution in [0.2, 0.25) is 0 Å². The van der Waals surface area contributed by atoms with E-state index in [1.54, 1.807) is 13.1 Å². The summed E-state index contributed by atoms with van der Waals surface area (Å²) < 4.78 is 0. The molecule has 2 N–H and O–H groups in total. The fraction of sp³-hybridized carbons (Fsp3) is 0.600. The predicted octanol–water partition coefficient (Wildman–Crippen LogP) is 0.407. The molecule has 1 aliphatic heterocycles. The second-order valence-corrected chi connectivity index (χ2v) is 5.74. The predicted molar refractivity (Wildman–Crippen MR) is 84.8 cm³/mol. The molecular formula is C15H25N5O. The number of amides is 1. The Balaban J connectivity index is 1.96. The summed E-state index contributed by atoms with van der Waals surface area (Å²) in [5.41, 5.74) is 1.49. The number of carbonyl (C=O) groups excluding carboxylic acids is 1. The zero-order valence-electron chi connectivity index (χ0n) is 13.3. The van der Waals surface area contributed by atoms with Crippen molar-refractivity contribution >= 4 is 11.7 Å².